The summed E-state index contributed by atoms with van der Waals surface area (Å²) < 4.78 is 45.7. The lowest BCUT2D eigenvalue weighted by molar-refractivity contribution is -0.123. The molecule has 1 amide bonds. The first-order chi connectivity index (χ1) is 14.7. The molecule has 162 valence electrons. The third-order valence-corrected chi connectivity index (χ3v) is 5.95. The summed E-state index contributed by atoms with van der Waals surface area (Å²) >= 11 is 6.13. The first kappa shape index (κ1) is 22.6. The van der Waals surface area contributed by atoms with Gasteiger partial charge in [-0.2, -0.15) is 0 Å². The molecule has 0 aromatic heterocycles. The molecule has 0 aliphatic rings. The highest BCUT2D eigenvalue weighted by molar-refractivity contribution is 7.92. The SMILES string of the molecule is Cc1ccc(CNC(=O)COc2ccc(S(=O)(=O)Nc3ccc(F)cc3)cc2Cl)cc1. The standard InChI is InChI=1S/C22H20ClFN2O4S/c1-15-2-4-16(5-3-15)13-25-22(27)14-30-21-11-10-19(12-20(21)23)31(28,29)26-18-8-6-17(24)7-9-18/h2-12,26H,13-14H2,1H3,(H,25,27). The summed E-state index contributed by atoms with van der Waals surface area (Å²) in [5.74, 6) is -0.644. The van der Waals surface area contributed by atoms with E-state index in [4.69, 9.17) is 16.3 Å². The minimum absolute atomic E-state index is 0.0355. The van der Waals surface area contributed by atoms with Gasteiger partial charge < -0.3 is 10.1 Å². The number of hydrogen-bond acceptors (Lipinski definition) is 4. The summed E-state index contributed by atoms with van der Waals surface area (Å²) in [4.78, 5) is 11.9. The molecule has 0 saturated heterocycles. The van der Waals surface area contributed by atoms with Gasteiger partial charge in [-0.15, -0.1) is 0 Å². The number of carbonyl (C=O) groups excluding carboxylic acids is 1. The molecule has 9 heteroatoms. The first-order valence-electron chi connectivity index (χ1n) is 9.26. The van der Waals surface area contributed by atoms with Crippen LogP contribution in [0.2, 0.25) is 5.02 Å². The molecule has 31 heavy (non-hydrogen) atoms. The highest BCUT2D eigenvalue weighted by Gasteiger charge is 2.17. The van der Waals surface area contributed by atoms with Crippen LogP contribution in [0.3, 0.4) is 0 Å². The van der Waals surface area contributed by atoms with Crippen LogP contribution >= 0.6 is 11.6 Å². The maximum absolute atomic E-state index is 13.0. The lowest BCUT2D eigenvalue weighted by Gasteiger charge is -2.12. The van der Waals surface area contributed by atoms with E-state index in [1.807, 2.05) is 31.2 Å². The Hall–Kier alpha value is -3.10. The molecule has 3 aromatic rings. The molecule has 6 nitrogen and oxygen atoms in total. The average Bonchev–Trinajstić information content (AvgIpc) is 2.74. The fourth-order valence-corrected chi connectivity index (χ4v) is 3.98. The van der Waals surface area contributed by atoms with Crippen LogP contribution < -0.4 is 14.8 Å². The molecule has 0 radical (unpaired) electrons. The molecular formula is C22H20ClFN2O4S. The molecule has 0 bridgehead atoms. The van der Waals surface area contributed by atoms with Gasteiger partial charge in [0.15, 0.2) is 6.61 Å². The highest BCUT2D eigenvalue weighted by atomic mass is 35.5. The van der Waals surface area contributed by atoms with Crippen molar-refractivity contribution < 1.29 is 22.3 Å². The van der Waals surface area contributed by atoms with Crippen LogP contribution in [0, 0.1) is 12.7 Å². The zero-order chi connectivity index (χ0) is 22.4. The number of hydrogen-bond donors (Lipinski definition) is 2. The van der Waals surface area contributed by atoms with E-state index in [2.05, 4.69) is 10.0 Å². The Labute approximate surface area is 185 Å². The normalized spacial score (nSPS) is 11.1. The fraction of sp³-hybridized carbons (Fsp3) is 0.136. The maximum Gasteiger partial charge on any atom is 0.261 e. The summed E-state index contributed by atoms with van der Waals surface area (Å²) in [5, 5.41) is 2.77. The molecular weight excluding hydrogens is 443 g/mol. The third kappa shape index (κ3) is 6.44. The minimum Gasteiger partial charge on any atom is -0.482 e. The highest BCUT2D eigenvalue weighted by Crippen LogP contribution is 2.28. The predicted octanol–water partition coefficient (Wildman–Crippen LogP) is 4.28. The van der Waals surface area contributed by atoms with E-state index in [1.165, 1.54) is 30.3 Å². The molecule has 2 N–H and O–H groups in total. The van der Waals surface area contributed by atoms with E-state index in [9.17, 15) is 17.6 Å². The van der Waals surface area contributed by atoms with Crippen molar-refractivity contribution in [3.63, 3.8) is 0 Å². The van der Waals surface area contributed by atoms with Gasteiger partial charge in [0.1, 0.15) is 11.6 Å². The Kier molecular flexibility index (Phi) is 7.14. The van der Waals surface area contributed by atoms with Gasteiger partial charge in [-0.25, -0.2) is 12.8 Å². The molecule has 0 spiro atoms. The van der Waals surface area contributed by atoms with Gasteiger partial charge in [0, 0.05) is 12.2 Å². The smallest absolute Gasteiger partial charge is 0.261 e. The van der Waals surface area contributed by atoms with E-state index in [1.54, 1.807) is 0 Å². The summed E-state index contributed by atoms with van der Waals surface area (Å²) in [6, 6.07) is 16.5. The van der Waals surface area contributed by atoms with Gasteiger partial charge in [-0.05, 0) is 55.0 Å². The van der Waals surface area contributed by atoms with E-state index >= 15 is 0 Å². The lowest BCUT2D eigenvalue weighted by atomic mass is 10.1. The van der Waals surface area contributed by atoms with E-state index in [0.29, 0.717) is 6.54 Å². The summed E-state index contributed by atoms with van der Waals surface area (Å²) in [5.41, 5.74) is 2.30. The number of ether oxygens (including phenoxy) is 1. The number of nitrogens with one attached hydrogen (secondary N) is 2. The number of carbonyl (C=O) groups is 1. The number of amides is 1. The second-order valence-corrected chi connectivity index (χ2v) is 8.85. The number of sulfonamides is 1. The van der Waals surface area contributed by atoms with Crippen LogP contribution in [0.15, 0.2) is 71.6 Å². The van der Waals surface area contributed by atoms with Crippen molar-refractivity contribution in [1.29, 1.82) is 0 Å². The van der Waals surface area contributed by atoms with Crippen molar-refractivity contribution in [2.24, 2.45) is 0 Å². The van der Waals surface area contributed by atoms with Crippen LogP contribution in [0.1, 0.15) is 11.1 Å². The van der Waals surface area contributed by atoms with E-state index in [-0.39, 0.29) is 33.9 Å². The van der Waals surface area contributed by atoms with Crippen LogP contribution in [-0.2, 0) is 21.4 Å². The van der Waals surface area contributed by atoms with Crippen molar-refractivity contribution in [3.8, 4) is 5.75 Å². The lowest BCUT2D eigenvalue weighted by Crippen LogP contribution is -2.28. The number of anilines is 1. The number of halogens is 2. The van der Waals surface area contributed by atoms with Gasteiger partial charge in [0.25, 0.3) is 15.9 Å². The second-order valence-electron chi connectivity index (χ2n) is 6.76. The summed E-state index contributed by atoms with van der Waals surface area (Å²) in [6.45, 7) is 2.07. The molecule has 0 fully saturated rings. The largest absolute Gasteiger partial charge is 0.482 e. The Morgan fingerprint density at radius 1 is 1.03 bits per heavy atom. The molecule has 3 rings (SSSR count). The zero-order valence-electron chi connectivity index (χ0n) is 16.6. The summed E-state index contributed by atoms with van der Waals surface area (Å²) in [6.07, 6.45) is 0. The second kappa shape index (κ2) is 9.80. The van der Waals surface area contributed by atoms with Crippen molar-refractivity contribution in [2.75, 3.05) is 11.3 Å². The molecule has 0 atom stereocenters. The quantitative estimate of drug-likeness (QED) is 0.523. The number of aryl methyl sites for hydroxylation is 1. The van der Waals surface area contributed by atoms with E-state index < -0.39 is 15.8 Å². The molecule has 0 aliphatic carbocycles. The molecule has 0 aliphatic heterocycles. The first-order valence-corrected chi connectivity index (χ1v) is 11.1. The molecule has 0 unspecified atom stereocenters. The monoisotopic (exact) mass is 462 g/mol. The van der Waals surface area contributed by atoms with Crippen molar-refractivity contribution in [1.82, 2.24) is 5.32 Å². The fourth-order valence-electron chi connectivity index (χ4n) is 2.60. The van der Waals surface area contributed by atoms with Crippen molar-refractivity contribution >= 4 is 33.2 Å². The third-order valence-electron chi connectivity index (χ3n) is 4.28. The van der Waals surface area contributed by atoms with Crippen molar-refractivity contribution in [2.45, 2.75) is 18.4 Å². The minimum atomic E-state index is -3.93. The number of benzene rings is 3. The molecule has 0 heterocycles. The van der Waals surface area contributed by atoms with Gasteiger partial charge in [-0.3, -0.25) is 9.52 Å². The van der Waals surface area contributed by atoms with Crippen molar-refractivity contribution in [3.05, 3.63) is 88.7 Å². The van der Waals surface area contributed by atoms with Crippen LogP contribution in [-0.4, -0.2) is 20.9 Å². The van der Waals surface area contributed by atoms with Crippen LogP contribution in [0.25, 0.3) is 0 Å². The van der Waals surface area contributed by atoms with Gasteiger partial charge >= 0.3 is 0 Å². The molecule has 0 saturated carbocycles. The van der Waals surface area contributed by atoms with Gasteiger partial charge in [0.05, 0.1) is 9.92 Å². The predicted molar refractivity (Wildman–Crippen MR) is 117 cm³/mol. The Balaban J connectivity index is 1.57. The maximum atomic E-state index is 13.0. The Morgan fingerprint density at radius 2 is 1.71 bits per heavy atom. The Bertz CT molecular complexity index is 1170. The average molecular weight is 463 g/mol. The van der Waals surface area contributed by atoms with Crippen LogP contribution in [0.4, 0.5) is 10.1 Å². The number of rotatable bonds is 8. The topological polar surface area (TPSA) is 84.5 Å². The van der Waals surface area contributed by atoms with Gasteiger partial charge in [-0.1, -0.05) is 41.4 Å². The Morgan fingerprint density at radius 3 is 2.35 bits per heavy atom. The summed E-state index contributed by atoms with van der Waals surface area (Å²) in [7, 11) is -3.93. The zero-order valence-corrected chi connectivity index (χ0v) is 18.1. The van der Waals surface area contributed by atoms with Gasteiger partial charge in [0.2, 0.25) is 0 Å². The van der Waals surface area contributed by atoms with Crippen LogP contribution in [0.5, 0.6) is 5.75 Å². The molecule has 3 aromatic carbocycles. The van der Waals surface area contributed by atoms with E-state index in [0.717, 1.165) is 23.3 Å².